The average Bonchev–Trinajstić information content (AvgIpc) is 3.40. The number of sulfonamides is 1. The molecule has 1 saturated heterocycles. The van der Waals surface area contributed by atoms with Gasteiger partial charge in [0.25, 0.3) is 5.89 Å². The Morgan fingerprint density at radius 3 is 2.46 bits per heavy atom. The number of piperazine rings is 1. The van der Waals surface area contributed by atoms with Crippen LogP contribution in [0.1, 0.15) is 5.89 Å². The summed E-state index contributed by atoms with van der Waals surface area (Å²) in [7, 11) is -1.98. The van der Waals surface area contributed by atoms with Crippen LogP contribution in [-0.2, 0) is 16.6 Å². The Bertz CT molecular complexity index is 1010. The quantitative estimate of drug-likeness (QED) is 0.613. The first-order chi connectivity index (χ1) is 13.6. The zero-order valence-corrected chi connectivity index (χ0v) is 16.1. The van der Waals surface area contributed by atoms with Gasteiger partial charge in [0.15, 0.2) is 5.76 Å². The van der Waals surface area contributed by atoms with Crippen LogP contribution in [0.15, 0.2) is 56.4 Å². The summed E-state index contributed by atoms with van der Waals surface area (Å²) in [4.78, 5) is 2.35. The van der Waals surface area contributed by atoms with Crippen molar-refractivity contribution in [3.05, 3.63) is 48.6 Å². The molecule has 0 aliphatic carbocycles. The van der Waals surface area contributed by atoms with Crippen LogP contribution in [0.3, 0.4) is 0 Å². The smallest absolute Gasteiger partial charge is 0.283 e. The maximum Gasteiger partial charge on any atom is 0.283 e. The second kappa shape index (κ2) is 7.74. The Kier molecular flexibility index (Phi) is 5.16. The molecule has 28 heavy (non-hydrogen) atoms. The van der Waals surface area contributed by atoms with E-state index in [0.29, 0.717) is 56.0 Å². The molecular weight excluding hydrogens is 384 g/mol. The van der Waals surface area contributed by atoms with Gasteiger partial charge in [0, 0.05) is 26.2 Å². The van der Waals surface area contributed by atoms with E-state index < -0.39 is 10.0 Å². The molecule has 0 unspecified atom stereocenters. The van der Waals surface area contributed by atoms with Gasteiger partial charge in [-0.25, -0.2) is 8.42 Å². The van der Waals surface area contributed by atoms with E-state index >= 15 is 0 Å². The predicted molar refractivity (Wildman–Crippen MR) is 99.0 cm³/mol. The lowest BCUT2D eigenvalue weighted by molar-refractivity contribution is 0.168. The summed E-state index contributed by atoms with van der Waals surface area (Å²) in [5.41, 5.74) is 0. The van der Waals surface area contributed by atoms with Crippen LogP contribution < -0.4 is 4.74 Å². The third kappa shape index (κ3) is 3.79. The molecule has 1 aromatic carbocycles. The monoisotopic (exact) mass is 404 g/mol. The summed E-state index contributed by atoms with van der Waals surface area (Å²) < 4.78 is 43.0. The molecule has 3 heterocycles. The Morgan fingerprint density at radius 1 is 1.07 bits per heavy atom. The van der Waals surface area contributed by atoms with Crippen LogP contribution in [0.4, 0.5) is 0 Å². The molecule has 148 valence electrons. The van der Waals surface area contributed by atoms with E-state index in [1.807, 2.05) is 0 Å². The molecule has 0 N–H and O–H groups in total. The lowest BCUT2D eigenvalue weighted by atomic mass is 10.3. The summed E-state index contributed by atoms with van der Waals surface area (Å²) in [6.07, 6.45) is 1.54. The second-order valence-electron chi connectivity index (χ2n) is 6.33. The first kappa shape index (κ1) is 18.7. The number of furan rings is 1. The van der Waals surface area contributed by atoms with Crippen molar-refractivity contribution in [1.82, 2.24) is 19.4 Å². The van der Waals surface area contributed by atoms with E-state index in [2.05, 4.69) is 15.1 Å². The van der Waals surface area contributed by atoms with Gasteiger partial charge in [-0.15, -0.1) is 10.2 Å². The van der Waals surface area contributed by atoms with Gasteiger partial charge in [-0.05, 0) is 36.4 Å². The van der Waals surface area contributed by atoms with Gasteiger partial charge in [0.1, 0.15) is 5.75 Å². The van der Waals surface area contributed by atoms with E-state index in [4.69, 9.17) is 13.6 Å². The normalized spacial score (nSPS) is 16.3. The fourth-order valence-electron chi connectivity index (χ4n) is 3.03. The minimum Gasteiger partial charge on any atom is -0.497 e. The topological polar surface area (TPSA) is 102 Å². The number of nitrogens with zero attached hydrogens (tertiary/aromatic N) is 4. The van der Waals surface area contributed by atoms with Gasteiger partial charge in [-0.1, -0.05) is 0 Å². The maximum absolute atomic E-state index is 12.8. The van der Waals surface area contributed by atoms with E-state index in [1.165, 1.54) is 4.31 Å². The van der Waals surface area contributed by atoms with E-state index in [-0.39, 0.29) is 4.90 Å². The van der Waals surface area contributed by atoms with Crippen LogP contribution in [0.2, 0.25) is 0 Å². The fourth-order valence-corrected chi connectivity index (χ4v) is 4.46. The highest BCUT2D eigenvalue weighted by molar-refractivity contribution is 7.89. The third-order valence-corrected chi connectivity index (χ3v) is 6.50. The molecule has 0 atom stereocenters. The number of rotatable bonds is 6. The molecule has 1 aliphatic rings. The number of methoxy groups -OCH3 is 1. The maximum atomic E-state index is 12.8. The minimum absolute atomic E-state index is 0.266. The van der Waals surface area contributed by atoms with Crippen molar-refractivity contribution in [3.63, 3.8) is 0 Å². The summed E-state index contributed by atoms with van der Waals surface area (Å²) >= 11 is 0. The van der Waals surface area contributed by atoms with E-state index in [1.54, 1.807) is 49.8 Å². The lowest BCUT2D eigenvalue weighted by Gasteiger charge is -2.33. The largest absolute Gasteiger partial charge is 0.497 e. The predicted octanol–water partition coefficient (Wildman–Crippen LogP) is 1.84. The highest BCUT2D eigenvalue weighted by Gasteiger charge is 2.29. The standard InChI is InChI=1S/C18H20N4O5S/c1-25-14-4-6-15(7-5-14)28(23,24)22-10-8-21(9-11-22)13-17-19-20-18(27-17)16-3-2-12-26-16/h2-7,12H,8-11,13H2,1H3. The van der Waals surface area contributed by atoms with Crippen molar-refractivity contribution in [2.45, 2.75) is 11.4 Å². The molecule has 2 aromatic heterocycles. The Balaban J connectivity index is 1.36. The number of hydrogen-bond donors (Lipinski definition) is 0. The van der Waals surface area contributed by atoms with Gasteiger partial charge in [-0.3, -0.25) is 4.90 Å². The minimum atomic E-state index is -3.52. The first-order valence-corrected chi connectivity index (χ1v) is 10.2. The van der Waals surface area contributed by atoms with Crippen molar-refractivity contribution < 1.29 is 22.0 Å². The number of benzene rings is 1. The zero-order chi connectivity index (χ0) is 19.6. The highest BCUT2D eigenvalue weighted by atomic mass is 32.2. The SMILES string of the molecule is COc1ccc(S(=O)(=O)N2CCN(Cc3nnc(-c4ccco4)o3)CC2)cc1. The van der Waals surface area contributed by atoms with E-state index in [0.717, 1.165) is 0 Å². The molecule has 1 fully saturated rings. The molecule has 0 radical (unpaired) electrons. The van der Waals surface area contributed by atoms with Gasteiger partial charge in [-0.2, -0.15) is 4.31 Å². The third-order valence-electron chi connectivity index (χ3n) is 4.59. The molecular formula is C18H20N4O5S. The Hall–Kier alpha value is -2.69. The van der Waals surface area contributed by atoms with Gasteiger partial charge < -0.3 is 13.6 Å². The van der Waals surface area contributed by atoms with Crippen molar-refractivity contribution in [1.29, 1.82) is 0 Å². The van der Waals surface area contributed by atoms with Crippen LogP contribution in [0.5, 0.6) is 5.75 Å². The molecule has 9 nitrogen and oxygen atoms in total. The Labute approximate surface area is 162 Å². The molecule has 0 saturated carbocycles. The second-order valence-corrected chi connectivity index (χ2v) is 8.27. The molecule has 0 amide bonds. The van der Waals surface area contributed by atoms with Gasteiger partial charge in [0.05, 0.1) is 24.8 Å². The first-order valence-electron chi connectivity index (χ1n) is 8.79. The van der Waals surface area contributed by atoms with Crippen LogP contribution in [0, 0.1) is 0 Å². The van der Waals surface area contributed by atoms with Crippen molar-refractivity contribution >= 4 is 10.0 Å². The number of hydrogen-bond acceptors (Lipinski definition) is 8. The molecule has 0 spiro atoms. The molecule has 4 rings (SSSR count). The Morgan fingerprint density at radius 2 is 1.82 bits per heavy atom. The van der Waals surface area contributed by atoms with Crippen LogP contribution >= 0.6 is 0 Å². The summed E-state index contributed by atoms with van der Waals surface area (Å²) in [6.45, 7) is 2.41. The van der Waals surface area contributed by atoms with Gasteiger partial charge in [0.2, 0.25) is 15.9 Å². The molecule has 3 aromatic rings. The van der Waals surface area contributed by atoms with Crippen molar-refractivity contribution in [2.75, 3.05) is 33.3 Å². The summed E-state index contributed by atoms with van der Waals surface area (Å²) in [5.74, 6) is 1.95. The molecule has 10 heteroatoms. The van der Waals surface area contributed by atoms with E-state index in [9.17, 15) is 8.42 Å². The van der Waals surface area contributed by atoms with Crippen molar-refractivity contribution in [2.24, 2.45) is 0 Å². The molecule has 0 bridgehead atoms. The summed E-state index contributed by atoms with van der Waals surface area (Å²) in [5, 5.41) is 8.01. The fraction of sp³-hybridized carbons (Fsp3) is 0.333. The van der Waals surface area contributed by atoms with Crippen LogP contribution in [0.25, 0.3) is 11.7 Å². The van der Waals surface area contributed by atoms with Crippen LogP contribution in [-0.4, -0.2) is 61.1 Å². The average molecular weight is 404 g/mol. The highest BCUT2D eigenvalue weighted by Crippen LogP contribution is 2.22. The van der Waals surface area contributed by atoms with Crippen molar-refractivity contribution in [3.8, 4) is 17.4 Å². The number of aromatic nitrogens is 2. The summed E-state index contributed by atoms with van der Waals surface area (Å²) in [6, 6.07) is 9.93. The molecule has 1 aliphatic heterocycles. The lowest BCUT2D eigenvalue weighted by Crippen LogP contribution is -2.48. The number of ether oxygens (including phenoxy) is 1. The van der Waals surface area contributed by atoms with Gasteiger partial charge >= 0.3 is 0 Å². The zero-order valence-electron chi connectivity index (χ0n) is 15.3.